The Hall–Kier alpha value is -0.380. The second-order valence-corrected chi connectivity index (χ2v) is 6.45. The summed E-state index contributed by atoms with van der Waals surface area (Å²) in [4.78, 5) is 0. The van der Waals surface area contributed by atoms with Crippen LogP contribution in [0.2, 0.25) is 5.02 Å². The summed E-state index contributed by atoms with van der Waals surface area (Å²) in [5, 5.41) is 4.15. The van der Waals surface area contributed by atoms with Crippen LogP contribution < -0.4 is 5.32 Å². The molecule has 1 aliphatic rings. The van der Waals surface area contributed by atoms with Crippen molar-refractivity contribution in [3.8, 4) is 0 Å². The molecule has 94 valence electrons. The molecule has 1 saturated carbocycles. The quantitative estimate of drug-likeness (QED) is 0.773. The van der Waals surface area contributed by atoms with E-state index in [0.717, 1.165) is 35.3 Å². The van der Waals surface area contributed by atoms with E-state index in [1.54, 1.807) is 0 Å². The van der Waals surface area contributed by atoms with E-state index >= 15 is 0 Å². The maximum atomic E-state index is 11.8. The molecule has 2 rings (SSSR count). The molecular weight excluding hydrogens is 254 g/mol. The first-order valence-corrected chi connectivity index (χ1v) is 7.94. The zero-order valence-corrected chi connectivity index (χ0v) is 11.4. The lowest BCUT2D eigenvalue weighted by atomic mass is 10.2. The van der Waals surface area contributed by atoms with E-state index in [1.165, 1.54) is 12.8 Å². The largest absolute Gasteiger partial charge is 0.314 e. The lowest BCUT2D eigenvalue weighted by Crippen LogP contribution is -2.19. The third-order valence-electron chi connectivity index (χ3n) is 2.83. The first-order chi connectivity index (χ1) is 8.25. The molecule has 1 fully saturated rings. The van der Waals surface area contributed by atoms with Crippen molar-refractivity contribution in [2.45, 2.75) is 31.1 Å². The molecular formula is C13H18ClNOS. The lowest BCUT2D eigenvalue weighted by Gasteiger charge is -2.05. The molecule has 1 aromatic carbocycles. The molecule has 0 saturated heterocycles. The van der Waals surface area contributed by atoms with Crippen molar-refractivity contribution in [3.63, 3.8) is 0 Å². The highest BCUT2D eigenvalue weighted by atomic mass is 35.5. The number of nitrogens with one attached hydrogen (secondary N) is 1. The van der Waals surface area contributed by atoms with Gasteiger partial charge in [-0.1, -0.05) is 29.8 Å². The Morgan fingerprint density at radius 1 is 1.35 bits per heavy atom. The van der Waals surface area contributed by atoms with E-state index in [9.17, 15) is 4.21 Å². The highest BCUT2D eigenvalue weighted by molar-refractivity contribution is 7.84. The molecule has 1 atom stereocenters. The number of benzene rings is 1. The molecule has 1 aliphatic carbocycles. The van der Waals surface area contributed by atoms with Gasteiger partial charge in [-0.25, -0.2) is 0 Å². The van der Waals surface area contributed by atoms with Gasteiger partial charge in [-0.15, -0.1) is 0 Å². The molecule has 2 nitrogen and oxygen atoms in total. The minimum Gasteiger partial charge on any atom is -0.314 e. The standard InChI is InChI=1S/C13H18ClNOS/c14-13-5-2-1-4-11(13)10-17(16)9-3-8-15-12-6-7-12/h1-2,4-5,12,15H,3,6-10H2. The van der Waals surface area contributed by atoms with Crippen LogP contribution in [-0.4, -0.2) is 22.5 Å². The van der Waals surface area contributed by atoms with Crippen LogP contribution in [0, 0.1) is 0 Å². The van der Waals surface area contributed by atoms with Crippen LogP contribution in [0.1, 0.15) is 24.8 Å². The number of hydrogen-bond donors (Lipinski definition) is 1. The van der Waals surface area contributed by atoms with Crippen molar-refractivity contribution in [2.75, 3.05) is 12.3 Å². The summed E-state index contributed by atoms with van der Waals surface area (Å²) >= 11 is 6.03. The van der Waals surface area contributed by atoms with E-state index in [0.29, 0.717) is 5.75 Å². The van der Waals surface area contributed by atoms with Gasteiger partial charge in [-0.05, 0) is 37.4 Å². The molecule has 17 heavy (non-hydrogen) atoms. The van der Waals surface area contributed by atoms with Gasteiger partial charge in [0.25, 0.3) is 0 Å². The van der Waals surface area contributed by atoms with E-state index in [-0.39, 0.29) is 0 Å². The average Bonchev–Trinajstić information content (AvgIpc) is 3.12. The summed E-state index contributed by atoms with van der Waals surface area (Å²) in [5.74, 6) is 1.33. The van der Waals surface area contributed by atoms with E-state index in [2.05, 4.69) is 5.32 Å². The second kappa shape index (κ2) is 6.53. The Balaban J connectivity index is 1.67. The maximum absolute atomic E-state index is 11.8. The van der Waals surface area contributed by atoms with E-state index < -0.39 is 10.8 Å². The van der Waals surface area contributed by atoms with Gasteiger partial charge in [0.05, 0.1) is 0 Å². The van der Waals surface area contributed by atoms with Crippen molar-refractivity contribution in [1.82, 2.24) is 5.32 Å². The highest BCUT2D eigenvalue weighted by Gasteiger charge is 2.19. The van der Waals surface area contributed by atoms with Crippen LogP contribution in [-0.2, 0) is 16.6 Å². The molecule has 1 unspecified atom stereocenters. The van der Waals surface area contributed by atoms with Crippen molar-refractivity contribution in [3.05, 3.63) is 34.9 Å². The minimum atomic E-state index is -0.800. The molecule has 0 radical (unpaired) electrons. The molecule has 1 N–H and O–H groups in total. The number of halogens is 1. The summed E-state index contributed by atoms with van der Waals surface area (Å²) in [6, 6.07) is 8.37. The SMILES string of the molecule is O=S(CCCNC1CC1)Cc1ccccc1Cl. The van der Waals surface area contributed by atoms with Crippen LogP contribution in [0.25, 0.3) is 0 Å². The maximum Gasteiger partial charge on any atom is 0.0500 e. The zero-order chi connectivity index (χ0) is 12.1. The van der Waals surface area contributed by atoms with Crippen LogP contribution in [0.3, 0.4) is 0 Å². The fourth-order valence-electron chi connectivity index (χ4n) is 1.69. The van der Waals surface area contributed by atoms with Gasteiger partial charge in [-0.3, -0.25) is 4.21 Å². The fraction of sp³-hybridized carbons (Fsp3) is 0.538. The fourth-order valence-corrected chi connectivity index (χ4v) is 3.18. The predicted octanol–water partition coefficient (Wildman–Crippen LogP) is 2.73. The monoisotopic (exact) mass is 271 g/mol. The molecule has 0 aliphatic heterocycles. The molecule has 0 heterocycles. The topological polar surface area (TPSA) is 29.1 Å². The normalized spacial score (nSPS) is 17.0. The molecule has 4 heteroatoms. The van der Waals surface area contributed by atoms with Crippen molar-refractivity contribution >= 4 is 22.4 Å². The molecule has 0 spiro atoms. The molecule has 0 bridgehead atoms. The minimum absolute atomic E-state index is 0.573. The van der Waals surface area contributed by atoms with Gasteiger partial charge in [0, 0.05) is 33.4 Å². The summed E-state index contributed by atoms with van der Waals surface area (Å²) in [6.07, 6.45) is 3.60. The third kappa shape index (κ3) is 4.78. The number of rotatable bonds is 7. The summed E-state index contributed by atoms with van der Waals surface area (Å²) in [7, 11) is -0.800. The molecule has 0 aromatic heterocycles. The Bertz CT molecular complexity index is 393. The van der Waals surface area contributed by atoms with Gasteiger partial charge in [0.2, 0.25) is 0 Å². The molecule has 1 aromatic rings. The highest BCUT2D eigenvalue weighted by Crippen LogP contribution is 2.18. The van der Waals surface area contributed by atoms with E-state index in [1.807, 2.05) is 24.3 Å². The van der Waals surface area contributed by atoms with Crippen LogP contribution in [0.4, 0.5) is 0 Å². The summed E-state index contributed by atoms with van der Waals surface area (Å²) in [6.45, 7) is 0.985. The van der Waals surface area contributed by atoms with Crippen molar-refractivity contribution < 1.29 is 4.21 Å². The van der Waals surface area contributed by atoms with Crippen LogP contribution in [0.15, 0.2) is 24.3 Å². The lowest BCUT2D eigenvalue weighted by molar-refractivity contribution is 0.657. The van der Waals surface area contributed by atoms with Gasteiger partial charge in [0.15, 0.2) is 0 Å². The van der Waals surface area contributed by atoms with Crippen LogP contribution >= 0.6 is 11.6 Å². The Labute approximate surface area is 110 Å². The van der Waals surface area contributed by atoms with Crippen LogP contribution in [0.5, 0.6) is 0 Å². The third-order valence-corrected chi connectivity index (χ3v) is 4.58. The Morgan fingerprint density at radius 2 is 2.12 bits per heavy atom. The molecule has 0 amide bonds. The Kier molecular flexibility index (Phi) is 5.01. The van der Waals surface area contributed by atoms with Gasteiger partial charge < -0.3 is 5.32 Å². The first kappa shape index (κ1) is 13.1. The second-order valence-electron chi connectivity index (χ2n) is 4.46. The average molecular weight is 272 g/mol. The van der Waals surface area contributed by atoms with Gasteiger partial charge in [0.1, 0.15) is 0 Å². The van der Waals surface area contributed by atoms with Crippen molar-refractivity contribution in [1.29, 1.82) is 0 Å². The van der Waals surface area contributed by atoms with E-state index in [4.69, 9.17) is 11.6 Å². The zero-order valence-electron chi connectivity index (χ0n) is 9.82. The summed E-state index contributed by atoms with van der Waals surface area (Å²) < 4.78 is 11.8. The number of hydrogen-bond acceptors (Lipinski definition) is 2. The smallest absolute Gasteiger partial charge is 0.0500 e. The first-order valence-electron chi connectivity index (χ1n) is 6.07. The Morgan fingerprint density at radius 3 is 2.82 bits per heavy atom. The predicted molar refractivity (Wildman–Crippen MR) is 73.8 cm³/mol. The van der Waals surface area contributed by atoms with Gasteiger partial charge in [-0.2, -0.15) is 0 Å². The summed E-state index contributed by atoms with van der Waals surface area (Å²) in [5.41, 5.74) is 0.989. The van der Waals surface area contributed by atoms with Crippen molar-refractivity contribution in [2.24, 2.45) is 0 Å². The van der Waals surface area contributed by atoms with Gasteiger partial charge >= 0.3 is 0 Å².